The predicted molar refractivity (Wildman–Crippen MR) is 107 cm³/mol. The molecule has 1 atom stereocenters. The Kier molecular flexibility index (Phi) is 5.38. The second-order valence-electron chi connectivity index (χ2n) is 6.56. The third-order valence-corrected chi connectivity index (χ3v) is 4.51. The molecule has 1 aromatic heterocycles. The molecule has 7 nitrogen and oxygen atoms in total. The molecule has 0 fully saturated rings. The van der Waals surface area contributed by atoms with E-state index in [0.717, 1.165) is 11.1 Å². The summed E-state index contributed by atoms with van der Waals surface area (Å²) >= 11 is 0. The molecule has 2 N–H and O–H groups in total. The summed E-state index contributed by atoms with van der Waals surface area (Å²) in [6.45, 7) is 0.347. The number of carbonyl (C=O) groups is 2. The van der Waals surface area contributed by atoms with Crippen LogP contribution in [-0.2, 0) is 16.2 Å². The smallest absolute Gasteiger partial charge is 0.291 e. The first-order valence-electron chi connectivity index (χ1n) is 9.18. The number of hydrogen-bond acceptors (Lipinski definition) is 5. The maximum atomic E-state index is 12.3. The van der Waals surface area contributed by atoms with E-state index in [4.69, 9.17) is 9.25 Å². The Hall–Kier alpha value is -3.87. The lowest BCUT2D eigenvalue weighted by atomic mass is 10.0. The molecule has 146 valence electrons. The van der Waals surface area contributed by atoms with Gasteiger partial charge in [0.25, 0.3) is 11.8 Å². The van der Waals surface area contributed by atoms with Crippen LogP contribution in [0.4, 0.5) is 5.69 Å². The fourth-order valence-electron chi connectivity index (χ4n) is 2.95. The number of carbonyl (C=O) groups excluding carboxylic acids is 2. The number of anilines is 1. The second kappa shape index (κ2) is 8.43. The van der Waals surface area contributed by atoms with Crippen LogP contribution in [0, 0.1) is 0 Å². The van der Waals surface area contributed by atoms with E-state index in [2.05, 4.69) is 15.8 Å². The topological polar surface area (TPSA) is 92.9 Å². The molecular formula is C22H19N3O4. The molecule has 1 aliphatic rings. The third-order valence-electron chi connectivity index (χ3n) is 4.51. The SMILES string of the molecule is O=C(NCc1ccc(NC(=O)c2ccco2)cc1)C1=NOC(c2ccccc2)C1. The highest BCUT2D eigenvalue weighted by Crippen LogP contribution is 2.26. The molecule has 3 aromatic rings. The summed E-state index contributed by atoms with van der Waals surface area (Å²) in [5.74, 6) is -0.323. The molecule has 29 heavy (non-hydrogen) atoms. The van der Waals surface area contributed by atoms with Crippen molar-refractivity contribution in [1.29, 1.82) is 0 Å². The Morgan fingerprint density at radius 1 is 0.966 bits per heavy atom. The van der Waals surface area contributed by atoms with E-state index in [9.17, 15) is 9.59 Å². The van der Waals surface area contributed by atoms with E-state index in [1.54, 1.807) is 24.3 Å². The van der Waals surface area contributed by atoms with Crippen LogP contribution in [-0.4, -0.2) is 17.5 Å². The predicted octanol–water partition coefficient (Wildman–Crippen LogP) is 3.67. The maximum absolute atomic E-state index is 12.3. The van der Waals surface area contributed by atoms with Gasteiger partial charge in [-0.05, 0) is 35.4 Å². The van der Waals surface area contributed by atoms with Gasteiger partial charge in [-0.2, -0.15) is 0 Å². The number of benzene rings is 2. The van der Waals surface area contributed by atoms with Crippen molar-refractivity contribution in [2.75, 3.05) is 5.32 Å². The highest BCUT2D eigenvalue weighted by atomic mass is 16.6. The quantitative estimate of drug-likeness (QED) is 0.673. The van der Waals surface area contributed by atoms with Crippen LogP contribution in [0.1, 0.15) is 34.2 Å². The number of furan rings is 1. The first-order chi connectivity index (χ1) is 14.2. The van der Waals surface area contributed by atoms with Crippen molar-refractivity contribution >= 4 is 23.2 Å². The molecule has 1 aliphatic heterocycles. The zero-order chi connectivity index (χ0) is 20.1. The average Bonchev–Trinajstić information content (AvgIpc) is 3.46. The summed E-state index contributed by atoms with van der Waals surface area (Å²) in [4.78, 5) is 29.7. The number of nitrogens with one attached hydrogen (secondary N) is 2. The lowest BCUT2D eigenvalue weighted by molar-refractivity contribution is -0.115. The van der Waals surface area contributed by atoms with Crippen LogP contribution in [0.2, 0.25) is 0 Å². The number of rotatable bonds is 6. The van der Waals surface area contributed by atoms with Gasteiger partial charge in [0.15, 0.2) is 11.9 Å². The highest BCUT2D eigenvalue weighted by Gasteiger charge is 2.27. The Labute approximate surface area is 167 Å². The van der Waals surface area contributed by atoms with Crippen molar-refractivity contribution in [3.05, 3.63) is 89.9 Å². The van der Waals surface area contributed by atoms with Crippen molar-refractivity contribution in [3.63, 3.8) is 0 Å². The van der Waals surface area contributed by atoms with Crippen molar-refractivity contribution in [1.82, 2.24) is 5.32 Å². The number of oxime groups is 1. The van der Waals surface area contributed by atoms with E-state index in [0.29, 0.717) is 24.4 Å². The zero-order valence-corrected chi connectivity index (χ0v) is 15.5. The van der Waals surface area contributed by atoms with Gasteiger partial charge in [-0.1, -0.05) is 47.6 Å². The minimum atomic E-state index is -0.316. The van der Waals surface area contributed by atoms with E-state index < -0.39 is 0 Å². The second-order valence-corrected chi connectivity index (χ2v) is 6.56. The summed E-state index contributed by atoms with van der Waals surface area (Å²) in [6, 6.07) is 20.1. The van der Waals surface area contributed by atoms with Gasteiger partial charge in [-0.15, -0.1) is 0 Å². The Morgan fingerprint density at radius 2 is 1.76 bits per heavy atom. The van der Waals surface area contributed by atoms with Crippen LogP contribution >= 0.6 is 0 Å². The maximum Gasteiger partial charge on any atom is 0.291 e. The molecule has 0 bridgehead atoms. The molecule has 4 rings (SSSR count). The van der Waals surface area contributed by atoms with Gasteiger partial charge in [-0.3, -0.25) is 9.59 Å². The Morgan fingerprint density at radius 3 is 2.48 bits per heavy atom. The highest BCUT2D eigenvalue weighted by molar-refractivity contribution is 6.39. The van der Waals surface area contributed by atoms with Gasteiger partial charge in [0.05, 0.1) is 6.26 Å². The molecule has 7 heteroatoms. The Bertz CT molecular complexity index is 1010. The van der Waals surface area contributed by atoms with Crippen LogP contribution in [0.5, 0.6) is 0 Å². The fraction of sp³-hybridized carbons (Fsp3) is 0.136. The molecule has 2 heterocycles. The fourth-order valence-corrected chi connectivity index (χ4v) is 2.95. The molecule has 0 saturated heterocycles. The van der Waals surface area contributed by atoms with Crippen molar-refractivity contribution in [2.45, 2.75) is 19.1 Å². The standard InChI is InChI=1S/C22H19N3O4/c26-21(18-13-20(29-25-18)16-5-2-1-3-6-16)23-14-15-8-10-17(11-9-15)24-22(27)19-7-4-12-28-19/h1-12,20H,13-14H2,(H,23,26)(H,24,27). The van der Waals surface area contributed by atoms with Gasteiger partial charge in [0.1, 0.15) is 5.71 Å². The number of nitrogens with zero attached hydrogens (tertiary/aromatic N) is 1. The third kappa shape index (κ3) is 4.52. The van der Waals surface area contributed by atoms with Gasteiger partial charge in [-0.25, -0.2) is 0 Å². The van der Waals surface area contributed by atoms with Gasteiger partial charge in [0.2, 0.25) is 0 Å². The van der Waals surface area contributed by atoms with Gasteiger partial charge in [0, 0.05) is 18.7 Å². The van der Waals surface area contributed by atoms with Crippen molar-refractivity contribution in [2.24, 2.45) is 5.16 Å². The van der Waals surface area contributed by atoms with Crippen molar-refractivity contribution in [3.8, 4) is 0 Å². The van der Waals surface area contributed by atoms with Crippen LogP contribution in [0.25, 0.3) is 0 Å². The minimum absolute atomic E-state index is 0.228. The first kappa shape index (κ1) is 18.5. The molecule has 0 spiro atoms. The summed E-state index contributed by atoms with van der Waals surface area (Å²) in [6.07, 6.45) is 1.66. The van der Waals surface area contributed by atoms with Crippen LogP contribution in [0.3, 0.4) is 0 Å². The zero-order valence-electron chi connectivity index (χ0n) is 15.5. The molecule has 0 radical (unpaired) electrons. The van der Waals surface area contributed by atoms with E-state index in [1.807, 2.05) is 42.5 Å². The summed E-state index contributed by atoms with van der Waals surface area (Å²) in [5.41, 5.74) is 2.90. The van der Waals surface area contributed by atoms with Gasteiger partial charge >= 0.3 is 0 Å². The molecular weight excluding hydrogens is 370 g/mol. The number of amides is 2. The summed E-state index contributed by atoms with van der Waals surface area (Å²) in [5, 5.41) is 9.51. The van der Waals surface area contributed by atoms with Gasteiger partial charge < -0.3 is 19.9 Å². The molecule has 2 amide bonds. The average molecular weight is 389 g/mol. The summed E-state index contributed by atoms with van der Waals surface area (Å²) in [7, 11) is 0. The summed E-state index contributed by atoms with van der Waals surface area (Å²) < 4.78 is 5.06. The van der Waals surface area contributed by atoms with Crippen LogP contribution in [0.15, 0.2) is 82.6 Å². The number of hydrogen-bond donors (Lipinski definition) is 2. The molecule has 0 aliphatic carbocycles. The molecule has 1 unspecified atom stereocenters. The lowest BCUT2D eigenvalue weighted by Crippen LogP contribution is -2.29. The minimum Gasteiger partial charge on any atom is -0.459 e. The molecule has 2 aromatic carbocycles. The first-order valence-corrected chi connectivity index (χ1v) is 9.18. The lowest BCUT2D eigenvalue weighted by Gasteiger charge is -2.08. The van der Waals surface area contributed by atoms with Crippen molar-refractivity contribution < 1.29 is 18.8 Å². The Balaban J connectivity index is 1.27. The van der Waals surface area contributed by atoms with Crippen LogP contribution < -0.4 is 10.6 Å². The molecule has 0 saturated carbocycles. The normalized spacial score (nSPS) is 15.3. The van der Waals surface area contributed by atoms with E-state index in [-0.39, 0.29) is 23.7 Å². The largest absolute Gasteiger partial charge is 0.459 e. The monoisotopic (exact) mass is 389 g/mol. The van der Waals surface area contributed by atoms with E-state index in [1.165, 1.54) is 6.26 Å². The van der Waals surface area contributed by atoms with E-state index >= 15 is 0 Å².